The predicted octanol–water partition coefficient (Wildman–Crippen LogP) is 3.76. The van der Waals surface area contributed by atoms with Gasteiger partial charge in [0.15, 0.2) is 0 Å². The van der Waals surface area contributed by atoms with Crippen molar-refractivity contribution < 1.29 is 0 Å². The van der Waals surface area contributed by atoms with Crippen molar-refractivity contribution in [3.05, 3.63) is 53.7 Å². The first-order chi connectivity index (χ1) is 11.3. The van der Waals surface area contributed by atoms with Crippen molar-refractivity contribution in [2.24, 2.45) is 0 Å². The van der Waals surface area contributed by atoms with Gasteiger partial charge in [0.25, 0.3) is 0 Å². The van der Waals surface area contributed by atoms with Gasteiger partial charge in [-0.3, -0.25) is 9.36 Å². The zero-order valence-electron chi connectivity index (χ0n) is 12.9. The Kier molecular flexibility index (Phi) is 3.67. The van der Waals surface area contributed by atoms with Crippen molar-refractivity contribution in [1.29, 1.82) is 0 Å². The van der Waals surface area contributed by atoms with Crippen LogP contribution in [0, 0.1) is 6.92 Å². The highest BCUT2D eigenvalue weighted by atomic mass is 32.1. The third kappa shape index (κ3) is 2.77. The summed E-state index contributed by atoms with van der Waals surface area (Å²) in [6.07, 6.45) is 4.92. The summed E-state index contributed by atoms with van der Waals surface area (Å²) in [5.41, 5.74) is 3.40. The number of fused-ring (bicyclic) bond motifs is 1. The van der Waals surface area contributed by atoms with Gasteiger partial charge in [0.05, 0.1) is 22.8 Å². The summed E-state index contributed by atoms with van der Waals surface area (Å²) < 4.78 is 3.97. The number of aromatic nitrogens is 5. The summed E-state index contributed by atoms with van der Waals surface area (Å²) in [4.78, 5) is 1.20. The number of hydrogen-bond donors (Lipinski definition) is 0. The van der Waals surface area contributed by atoms with E-state index in [9.17, 15) is 0 Å². The number of hydrogen-bond acceptors (Lipinski definition) is 4. The molecular formula is C17H17N5S. The van der Waals surface area contributed by atoms with Gasteiger partial charge in [-0.15, -0.1) is 16.4 Å². The average Bonchev–Trinajstić information content (AvgIpc) is 3.27. The minimum atomic E-state index is 0.839. The third-order valence-electron chi connectivity index (χ3n) is 3.94. The fourth-order valence-corrected chi connectivity index (χ4v) is 3.61. The number of nitrogens with zero attached hydrogens (tertiary/aromatic N) is 5. The Hall–Kier alpha value is -2.47. The molecule has 6 heteroatoms. The molecule has 0 aliphatic heterocycles. The number of aryl methyl sites for hydroxylation is 3. The number of thiophene rings is 1. The zero-order valence-corrected chi connectivity index (χ0v) is 13.7. The molecule has 4 aromatic rings. The molecule has 4 rings (SSSR count). The summed E-state index contributed by atoms with van der Waals surface area (Å²) in [5.74, 6) is 0. The molecule has 0 bridgehead atoms. The second-order valence-electron chi connectivity index (χ2n) is 5.58. The molecule has 0 aliphatic carbocycles. The van der Waals surface area contributed by atoms with Crippen LogP contribution in [0.1, 0.15) is 12.0 Å². The summed E-state index contributed by atoms with van der Waals surface area (Å²) in [7, 11) is 0. The Labute approximate surface area is 138 Å². The van der Waals surface area contributed by atoms with Crippen LogP contribution in [-0.4, -0.2) is 24.8 Å². The number of benzene rings is 1. The molecule has 0 aliphatic rings. The van der Waals surface area contributed by atoms with E-state index in [1.54, 1.807) is 11.3 Å². The lowest BCUT2D eigenvalue weighted by atomic mass is 10.2. The van der Waals surface area contributed by atoms with Gasteiger partial charge in [-0.05, 0) is 36.4 Å². The molecule has 0 fully saturated rings. The summed E-state index contributed by atoms with van der Waals surface area (Å²) in [6, 6.07) is 10.4. The Bertz CT molecular complexity index is 933. The lowest BCUT2D eigenvalue weighted by Crippen LogP contribution is -2.05. The molecule has 3 heterocycles. The van der Waals surface area contributed by atoms with E-state index < -0.39 is 0 Å². The van der Waals surface area contributed by atoms with Crippen LogP contribution in [0.4, 0.5) is 0 Å². The van der Waals surface area contributed by atoms with E-state index in [1.807, 2.05) is 29.2 Å². The average molecular weight is 323 g/mol. The van der Waals surface area contributed by atoms with Gasteiger partial charge in [-0.2, -0.15) is 5.10 Å². The van der Waals surface area contributed by atoms with Gasteiger partial charge in [-0.1, -0.05) is 23.4 Å². The van der Waals surface area contributed by atoms with Crippen molar-refractivity contribution in [2.45, 2.75) is 26.4 Å². The highest BCUT2D eigenvalue weighted by molar-refractivity contribution is 7.13. The van der Waals surface area contributed by atoms with Crippen LogP contribution in [0.15, 0.2) is 48.1 Å². The molecule has 0 spiro atoms. The van der Waals surface area contributed by atoms with E-state index in [-0.39, 0.29) is 0 Å². The van der Waals surface area contributed by atoms with E-state index in [0.717, 1.165) is 25.2 Å². The molecule has 0 atom stereocenters. The summed E-state index contributed by atoms with van der Waals surface area (Å²) in [6.45, 7) is 3.82. The number of para-hydroxylation sites is 1. The molecule has 1 aromatic carbocycles. The lowest BCUT2D eigenvalue weighted by Gasteiger charge is -2.03. The van der Waals surface area contributed by atoms with Crippen LogP contribution in [0.25, 0.3) is 21.5 Å². The first kappa shape index (κ1) is 14.1. The minimum Gasteiger partial charge on any atom is -0.265 e. The van der Waals surface area contributed by atoms with Crippen LogP contribution in [0.5, 0.6) is 0 Å². The van der Waals surface area contributed by atoms with Gasteiger partial charge >= 0.3 is 0 Å². The summed E-state index contributed by atoms with van der Waals surface area (Å²) in [5, 5.41) is 16.3. The van der Waals surface area contributed by atoms with Crippen LogP contribution in [0.2, 0.25) is 0 Å². The quantitative estimate of drug-likeness (QED) is 0.562. The van der Waals surface area contributed by atoms with E-state index in [4.69, 9.17) is 0 Å². The van der Waals surface area contributed by atoms with Gasteiger partial charge in [0.1, 0.15) is 5.69 Å². The van der Waals surface area contributed by atoms with Gasteiger partial charge < -0.3 is 0 Å². The molecule has 23 heavy (non-hydrogen) atoms. The Balaban J connectivity index is 1.42. The normalized spacial score (nSPS) is 11.3. The lowest BCUT2D eigenvalue weighted by molar-refractivity contribution is 0.499. The molecule has 0 radical (unpaired) electrons. The highest BCUT2D eigenvalue weighted by Crippen LogP contribution is 2.26. The molecule has 3 aromatic heterocycles. The predicted molar refractivity (Wildman–Crippen MR) is 92.4 cm³/mol. The molecule has 0 saturated carbocycles. The second kappa shape index (κ2) is 5.96. The monoisotopic (exact) mass is 323 g/mol. The highest BCUT2D eigenvalue weighted by Gasteiger charge is 2.08. The third-order valence-corrected chi connectivity index (χ3v) is 4.98. The van der Waals surface area contributed by atoms with Gasteiger partial charge in [-0.25, -0.2) is 0 Å². The maximum atomic E-state index is 4.46. The van der Waals surface area contributed by atoms with Crippen molar-refractivity contribution in [1.82, 2.24) is 24.8 Å². The van der Waals surface area contributed by atoms with Crippen molar-refractivity contribution in [3.63, 3.8) is 0 Å². The number of rotatable bonds is 5. The maximum absolute atomic E-state index is 4.46. The first-order valence-corrected chi connectivity index (χ1v) is 8.54. The molecule has 0 N–H and O–H groups in total. The largest absolute Gasteiger partial charge is 0.265 e. The molecule has 0 saturated heterocycles. The fourth-order valence-electron chi connectivity index (χ4n) is 2.73. The van der Waals surface area contributed by atoms with E-state index >= 15 is 0 Å². The van der Waals surface area contributed by atoms with Gasteiger partial charge in [0.2, 0.25) is 0 Å². The molecule has 0 unspecified atom stereocenters. The SMILES string of the molecule is Cc1ccsc1-c1cn(CCCn2ncc3ccccc32)nn1. The minimum absolute atomic E-state index is 0.839. The van der Waals surface area contributed by atoms with Crippen molar-refractivity contribution in [3.8, 4) is 10.6 Å². The van der Waals surface area contributed by atoms with Crippen LogP contribution >= 0.6 is 11.3 Å². The Morgan fingerprint density at radius 2 is 2.04 bits per heavy atom. The second-order valence-corrected chi connectivity index (χ2v) is 6.50. The van der Waals surface area contributed by atoms with Gasteiger partial charge in [0, 0.05) is 18.5 Å². The zero-order chi connectivity index (χ0) is 15.6. The molecule has 0 amide bonds. The van der Waals surface area contributed by atoms with E-state index in [2.05, 4.69) is 50.6 Å². The smallest absolute Gasteiger partial charge is 0.123 e. The van der Waals surface area contributed by atoms with Crippen LogP contribution < -0.4 is 0 Å². The Morgan fingerprint density at radius 3 is 2.91 bits per heavy atom. The molecular weight excluding hydrogens is 306 g/mol. The van der Waals surface area contributed by atoms with Crippen molar-refractivity contribution >= 4 is 22.2 Å². The van der Waals surface area contributed by atoms with E-state index in [0.29, 0.717) is 0 Å². The standard InChI is InChI=1S/C17H17N5S/c1-13-7-10-23-17(13)15-12-21(20-19-15)8-4-9-22-16-6-3-2-5-14(16)11-18-22/h2-3,5-7,10-12H,4,8-9H2,1H3. The van der Waals surface area contributed by atoms with Crippen molar-refractivity contribution in [2.75, 3.05) is 0 Å². The van der Waals surface area contributed by atoms with Crippen LogP contribution in [-0.2, 0) is 13.1 Å². The molecule has 5 nitrogen and oxygen atoms in total. The van der Waals surface area contributed by atoms with E-state index in [1.165, 1.54) is 21.3 Å². The maximum Gasteiger partial charge on any atom is 0.123 e. The first-order valence-electron chi connectivity index (χ1n) is 7.66. The summed E-state index contributed by atoms with van der Waals surface area (Å²) >= 11 is 1.71. The molecule has 116 valence electrons. The topological polar surface area (TPSA) is 48.5 Å². The Morgan fingerprint density at radius 1 is 1.13 bits per heavy atom. The van der Waals surface area contributed by atoms with Crippen LogP contribution in [0.3, 0.4) is 0 Å². The fraction of sp³-hybridized carbons (Fsp3) is 0.235.